The Morgan fingerprint density at radius 1 is 1.04 bits per heavy atom. The Bertz CT molecular complexity index is 1000. The quantitative estimate of drug-likeness (QED) is 0.473. The van der Waals surface area contributed by atoms with Crippen molar-refractivity contribution in [2.45, 2.75) is 46.1 Å². The molecular weight excluding hydrogens is 342 g/mol. The molecule has 0 bridgehead atoms. The van der Waals surface area contributed by atoms with Crippen molar-refractivity contribution in [2.75, 3.05) is 0 Å². The fourth-order valence-electron chi connectivity index (χ4n) is 4.34. The van der Waals surface area contributed by atoms with Gasteiger partial charge in [0.25, 0.3) is 0 Å². The number of likely N-dealkylation sites (tertiary alicyclic amines) is 1. The molecule has 0 spiro atoms. The highest BCUT2D eigenvalue weighted by Crippen LogP contribution is 2.36. The molecule has 1 fully saturated rings. The SMILES string of the molecule is Cc1cc2oc(=O)cc(CN3C(=O)[C@@H]4CC=CC[C@H]4C3=O)c2cc1C(C)C. The molecule has 1 aromatic heterocycles. The van der Waals surface area contributed by atoms with Gasteiger partial charge in [0.15, 0.2) is 0 Å². The van der Waals surface area contributed by atoms with Crippen LogP contribution in [-0.4, -0.2) is 16.7 Å². The highest BCUT2D eigenvalue weighted by Gasteiger charge is 2.47. The van der Waals surface area contributed by atoms with E-state index < -0.39 is 5.63 Å². The molecule has 2 atom stereocenters. The maximum atomic E-state index is 12.8. The van der Waals surface area contributed by atoms with Crippen LogP contribution < -0.4 is 5.63 Å². The summed E-state index contributed by atoms with van der Waals surface area (Å²) in [6.45, 7) is 6.33. The summed E-state index contributed by atoms with van der Waals surface area (Å²) in [6.07, 6.45) is 5.17. The van der Waals surface area contributed by atoms with E-state index in [2.05, 4.69) is 13.8 Å². The van der Waals surface area contributed by atoms with Gasteiger partial charge >= 0.3 is 5.63 Å². The number of amides is 2. The Hall–Kier alpha value is -2.69. The van der Waals surface area contributed by atoms with E-state index in [1.807, 2.05) is 31.2 Å². The van der Waals surface area contributed by atoms with E-state index in [-0.39, 0.29) is 30.2 Å². The molecule has 140 valence electrons. The van der Waals surface area contributed by atoms with Gasteiger partial charge in [-0.2, -0.15) is 0 Å². The average molecular weight is 365 g/mol. The lowest BCUT2D eigenvalue weighted by Gasteiger charge is -2.17. The fourth-order valence-corrected chi connectivity index (χ4v) is 4.34. The second kappa shape index (κ2) is 6.48. The largest absolute Gasteiger partial charge is 0.423 e. The van der Waals surface area contributed by atoms with E-state index >= 15 is 0 Å². The van der Waals surface area contributed by atoms with Crippen LogP contribution in [0.2, 0.25) is 0 Å². The number of rotatable bonds is 3. The molecule has 27 heavy (non-hydrogen) atoms. The number of hydrogen-bond acceptors (Lipinski definition) is 4. The predicted molar refractivity (Wildman–Crippen MR) is 102 cm³/mol. The third-order valence-corrected chi connectivity index (χ3v) is 5.77. The van der Waals surface area contributed by atoms with Crippen LogP contribution in [0.15, 0.2) is 39.6 Å². The van der Waals surface area contributed by atoms with Crippen molar-refractivity contribution in [3.8, 4) is 0 Å². The Labute approximate surface area is 157 Å². The molecule has 5 nitrogen and oxygen atoms in total. The van der Waals surface area contributed by atoms with E-state index in [1.54, 1.807) is 0 Å². The molecule has 2 aromatic rings. The fraction of sp³-hybridized carbons (Fsp3) is 0.409. The molecular formula is C22H23NO4. The second-order valence-electron chi connectivity index (χ2n) is 7.87. The summed E-state index contributed by atoms with van der Waals surface area (Å²) in [4.78, 5) is 38.9. The summed E-state index contributed by atoms with van der Waals surface area (Å²) >= 11 is 0. The number of nitrogens with zero attached hydrogens (tertiary/aromatic N) is 1. The molecule has 2 heterocycles. The first kappa shape index (κ1) is 17.7. The van der Waals surface area contributed by atoms with Crippen LogP contribution in [0.25, 0.3) is 11.0 Å². The summed E-state index contributed by atoms with van der Waals surface area (Å²) in [5.74, 6) is -0.471. The number of fused-ring (bicyclic) bond motifs is 2. The Morgan fingerprint density at radius 3 is 2.26 bits per heavy atom. The van der Waals surface area contributed by atoms with Crippen LogP contribution in [0.1, 0.15) is 49.3 Å². The van der Waals surface area contributed by atoms with Crippen molar-refractivity contribution in [3.05, 3.63) is 57.5 Å². The summed E-state index contributed by atoms with van der Waals surface area (Å²) in [7, 11) is 0. The first-order chi connectivity index (χ1) is 12.9. The molecule has 1 saturated heterocycles. The molecule has 1 aromatic carbocycles. The maximum Gasteiger partial charge on any atom is 0.336 e. The van der Waals surface area contributed by atoms with Gasteiger partial charge in [0.1, 0.15) is 5.58 Å². The number of carbonyl (C=O) groups excluding carboxylic acids is 2. The minimum Gasteiger partial charge on any atom is -0.423 e. The summed E-state index contributed by atoms with van der Waals surface area (Å²) in [6, 6.07) is 5.29. The minimum atomic E-state index is -0.465. The van der Waals surface area contributed by atoms with Crippen LogP contribution >= 0.6 is 0 Å². The molecule has 0 radical (unpaired) electrons. The van der Waals surface area contributed by atoms with Crippen LogP contribution in [0.5, 0.6) is 0 Å². The van der Waals surface area contributed by atoms with E-state index in [9.17, 15) is 14.4 Å². The maximum absolute atomic E-state index is 12.8. The normalized spacial score (nSPS) is 22.1. The van der Waals surface area contributed by atoms with Gasteiger partial charge in [-0.05, 0) is 54.5 Å². The number of benzene rings is 1. The zero-order valence-corrected chi connectivity index (χ0v) is 15.8. The highest BCUT2D eigenvalue weighted by molar-refractivity contribution is 6.05. The lowest BCUT2D eigenvalue weighted by molar-refractivity contribution is -0.140. The number of imide groups is 1. The zero-order valence-electron chi connectivity index (χ0n) is 15.8. The Balaban J connectivity index is 1.78. The molecule has 5 heteroatoms. The van der Waals surface area contributed by atoms with E-state index in [1.165, 1.54) is 11.0 Å². The lowest BCUT2D eigenvalue weighted by atomic mass is 9.85. The monoisotopic (exact) mass is 365 g/mol. The van der Waals surface area contributed by atoms with Crippen molar-refractivity contribution in [1.82, 2.24) is 4.90 Å². The minimum absolute atomic E-state index is 0.118. The second-order valence-corrected chi connectivity index (χ2v) is 7.87. The van der Waals surface area contributed by atoms with E-state index in [0.717, 1.165) is 16.5 Å². The van der Waals surface area contributed by atoms with Gasteiger partial charge in [-0.15, -0.1) is 0 Å². The first-order valence-corrected chi connectivity index (χ1v) is 9.44. The molecule has 0 N–H and O–H groups in total. The van der Waals surface area contributed by atoms with Gasteiger partial charge in [-0.3, -0.25) is 14.5 Å². The third-order valence-electron chi connectivity index (χ3n) is 5.77. The summed E-state index contributed by atoms with van der Waals surface area (Å²) in [5.41, 5.74) is 2.92. The number of hydrogen-bond donors (Lipinski definition) is 0. The van der Waals surface area contributed by atoms with Crippen molar-refractivity contribution in [2.24, 2.45) is 11.8 Å². The van der Waals surface area contributed by atoms with Crippen molar-refractivity contribution >= 4 is 22.8 Å². The average Bonchev–Trinajstić information content (AvgIpc) is 2.86. The van der Waals surface area contributed by atoms with Crippen molar-refractivity contribution in [1.29, 1.82) is 0 Å². The highest BCUT2D eigenvalue weighted by atomic mass is 16.4. The van der Waals surface area contributed by atoms with Gasteiger partial charge in [-0.1, -0.05) is 26.0 Å². The van der Waals surface area contributed by atoms with Crippen molar-refractivity contribution < 1.29 is 14.0 Å². The van der Waals surface area contributed by atoms with E-state index in [4.69, 9.17) is 4.42 Å². The summed E-state index contributed by atoms with van der Waals surface area (Å²) in [5, 5.41) is 0.789. The van der Waals surface area contributed by atoms with Gasteiger partial charge in [0.2, 0.25) is 11.8 Å². The van der Waals surface area contributed by atoms with Gasteiger partial charge in [-0.25, -0.2) is 4.79 Å². The first-order valence-electron chi connectivity index (χ1n) is 9.44. The number of allylic oxidation sites excluding steroid dienone is 2. The smallest absolute Gasteiger partial charge is 0.336 e. The molecule has 2 aliphatic rings. The standard InChI is InChI=1S/C22H23NO4/c1-12(2)17-10-18-14(9-20(24)27-19(18)8-13(17)3)11-23-21(25)15-6-4-5-7-16(15)22(23)26/h4-5,8-10,12,15-16H,6-7,11H2,1-3H3/t15-,16-/m1/s1. The molecule has 0 saturated carbocycles. The molecule has 2 amide bonds. The van der Waals surface area contributed by atoms with Gasteiger partial charge in [0, 0.05) is 11.5 Å². The lowest BCUT2D eigenvalue weighted by Crippen LogP contribution is -2.31. The Kier molecular flexibility index (Phi) is 4.25. The molecule has 1 aliphatic carbocycles. The van der Waals surface area contributed by atoms with Crippen LogP contribution in [-0.2, 0) is 16.1 Å². The Morgan fingerprint density at radius 2 is 1.67 bits per heavy atom. The van der Waals surface area contributed by atoms with Crippen molar-refractivity contribution in [3.63, 3.8) is 0 Å². The van der Waals surface area contributed by atoms with Gasteiger partial charge < -0.3 is 4.42 Å². The number of carbonyl (C=O) groups is 2. The topological polar surface area (TPSA) is 67.6 Å². The molecule has 0 unspecified atom stereocenters. The predicted octanol–water partition coefficient (Wildman–Crippen LogP) is 3.68. The molecule has 1 aliphatic heterocycles. The van der Waals surface area contributed by atoms with E-state index in [0.29, 0.717) is 29.9 Å². The van der Waals surface area contributed by atoms with Crippen LogP contribution in [0.4, 0.5) is 0 Å². The van der Waals surface area contributed by atoms with Crippen LogP contribution in [0, 0.1) is 18.8 Å². The van der Waals surface area contributed by atoms with Gasteiger partial charge in [0.05, 0.1) is 18.4 Å². The van der Waals surface area contributed by atoms with Crippen LogP contribution in [0.3, 0.4) is 0 Å². The third kappa shape index (κ3) is 2.91. The molecule has 4 rings (SSSR count). The summed E-state index contributed by atoms with van der Waals surface area (Å²) < 4.78 is 5.38. The number of aryl methyl sites for hydroxylation is 1. The zero-order chi connectivity index (χ0) is 19.3.